The first kappa shape index (κ1) is 13.8. The number of ether oxygens (including phenoxy) is 1. The molecule has 0 spiro atoms. The Labute approximate surface area is 117 Å². The van der Waals surface area contributed by atoms with Crippen molar-refractivity contribution in [3.63, 3.8) is 0 Å². The van der Waals surface area contributed by atoms with Crippen molar-refractivity contribution < 1.29 is 4.74 Å². The molecule has 18 heavy (non-hydrogen) atoms. The third kappa shape index (κ3) is 3.25. The van der Waals surface area contributed by atoms with Crippen LogP contribution in [0.25, 0.3) is 0 Å². The van der Waals surface area contributed by atoms with Gasteiger partial charge in [-0.1, -0.05) is 15.9 Å². The minimum Gasteiger partial charge on any atom is -0.380 e. The molecule has 0 aromatic heterocycles. The van der Waals surface area contributed by atoms with E-state index in [0.29, 0.717) is 12.6 Å². The van der Waals surface area contributed by atoms with Crippen LogP contribution in [0, 0.1) is 0 Å². The van der Waals surface area contributed by atoms with Gasteiger partial charge in [-0.3, -0.25) is 0 Å². The maximum atomic E-state index is 5.70. The Bertz CT molecular complexity index is 397. The Hall–Kier alpha value is -0.580. The molecule has 1 heterocycles. The topological polar surface area (TPSA) is 38.5 Å². The molecule has 2 N–H and O–H groups in total. The van der Waals surface area contributed by atoms with E-state index in [1.807, 2.05) is 0 Å². The summed E-state index contributed by atoms with van der Waals surface area (Å²) in [5.41, 5.74) is 8.34. The van der Waals surface area contributed by atoms with Crippen molar-refractivity contribution in [3.8, 4) is 0 Å². The summed E-state index contributed by atoms with van der Waals surface area (Å²) in [6.07, 6.45) is 3.63. The van der Waals surface area contributed by atoms with Crippen LogP contribution in [0.2, 0.25) is 0 Å². The van der Waals surface area contributed by atoms with E-state index in [-0.39, 0.29) is 0 Å². The van der Waals surface area contributed by atoms with Gasteiger partial charge in [0.25, 0.3) is 0 Å². The number of nitrogens with two attached hydrogens (primary N) is 1. The van der Waals surface area contributed by atoms with Crippen molar-refractivity contribution in [2.45, 2.75) is 25.4 Å². The van der Waals surface area contributed by atoms with Crippen LogP contribution in [-0.2, 0) is 11.2 Å². The lowest BCUT2D eigenvalue weighted by Crippen LogP contribution is -2.39. The number of anilines is 1. The first-order valence-corrected chi connectivity index (χ1v) is 7.30. The highest BCUT2D eigenvalue weighted by Crippen LogP contribution is 2.28. The maximum Gasteiger partial charge on any atom is 0.0746 e. The molecule has 0 saturated carbocycles. The Kier molecular flexibility index (Phi) is 5.03. The zero-order valence-corrected chi connectivity index (χ0v) is 12.4. The number of nitrogens with zero attached hydrogens (tertiary/aromatic N) is 1. The summed E-state index contributed by atoms with van der Waals surface area (Å²) in [6.45, 7) is 2.78. The van der Waals surface area contributed by atoms with Crippen molar-refractivity contribution in [1.29, 1.82) is 0 Å². The number of hydrogen-bond acceptors (Lipinski definition) is 3. The van der Waals surface area contributed by atoms with E-state index >= 15 is 0 Å². The van der Waals surface area contributed by atoms with Gasteiger partial charge in [-0.2, -0.15) is 0 Å². The Morgan fingerprint density at radius 1 is 1.50 bits per heavy atom. The third-order valence-corrected chi connectivity index (χ3v) is 4.00. The quantitative estimate of drug-likeness (QED) is 0.928. The van der Waals surface area contributed by atoms with Crippen molar-refractivity contribution in [2.75, 3.05) is 31.6 Å². The largest absolute Gasteiger partial charge is 0.380 e. The summed E-state index contributed by atoms with van der Waals surface area (Å²) >= 11 is 3.53. The van der Waals surface area contributed by atoms with Gasteiger partial charge in [0.2, 0.25) is 0 Å². The molecule has 4 heteroatoms. The highest BCUT2D eigenvalue weighted by Gasteiger charge is 2.21. The average molecular weight is 313 g/mol. The molecular weight excluding hydrogens is 292 g/mol. The van der Waals surface area contributed by atoms with E-state index in [9.17, 15) is 0 Å². The summed E-state index contributed by atoms with van der Waals surface area (Å²) in [6, 6.07) is 6.47. The fraction of sp³-hybridized carbons (Fsp3) is 0.571. The Morgan fingerprint density at radius 3 is 3.06 bits per heavy atom. The van der Waals surface area contributed by atoms with Gasteiger partial charge >= 0.3 is 0 Å². The number of halogens is 1. The predicted octanol–water partition coefficient (Wildman–Crippen LogP) is 2.57. The van der Waals surface area contributed by atoms with Crippen molar-refractivity contribution in [2.24, 2.45) is 5.73 Å². The van der Waals surface area contributed by atoms with Gasteiger partial charge in [0.1, 0.15) is 0 Å². The zero-order valence-electron chi connectivity index (χ0n) is 10.9. The van der Waals surface area contributed by atoms with Crippen LogP contribution in [0.1, 0.15) is 18.4 Å². The van der Waals surface area contributed by atoms with E-state index in [2.05, 4.69) is 39.0 Å². The van der Waals surface area contributed by atoms with E-state index in [4.69, 9.17) is 10.5 Å². The maximum absolute atomic E-state index is 5.70. The van der Waals surface area contributed by atoms with Crippen LogP contribution in [0.4, 0.5) is 5.69 Å². The molecule has 1 atom stereocenters. The van der Waals surface area contributed by atoms with Gasteiger partial charge in [0.05, 0.1) is 6.10 Å². The Morgan fingerprint density at radius 2 is 2.33 bits per heavy atom. The highest BCUT2D eigenvalue weighted by molar-refractivity contribution is 9.10. The van der Waals surface area contributed by atoms with Gasteiger partial charge < -0.3 is 15.4 Å². The molecular formula is C14H21BrN2O. The van der Waals surface area contributed by atoms with Gasteiger partial charge in [-0.15, -0.1) is 0 Å². The van der Waals surface area contributed by atoms with Gasteiger partial charge in [0, 0.05) is 30.4 Å². The van der Waals surface area contributed by atoms with Crippen LogP contribution >= 0.6 is 15.9 Å². The lowest BCUT2D eigenvalue weighted by atomic mass is 10.0. The van der Waals surface area contributed by atoms with Crippen molar-refractivity contribution in [1.82, 2.24) is 0 Å². The first-order valence-electron chi connectivity index (χ1n) is 6.51. The molecule has 0 radical (unpaired) electrons. The molecule has 100 valence electrons. The highest BCUT2D eigenvalue weighted by atomic mass is 79.9. The third-order valence-electron chi connectivity index (χ3n) is 3.51. The van der Waals surface area contributed by atoms with E-state index in [0.717, 1.165) is 30.4 Å². The number of piperidine rings is 1. The van der Waals surface area contributed by atoms with Crippen LogP contribution in [0.15, 0.2) is 22.7 Å². The number of rotatable bonds is 4. The average Bonchev–Trinajstić information content (AvgIpc) is 2.39. The summed E-state index contributed by atoms with van der Waals surface area (Å²) < 4.78 is 6.61. The molecule has 1 saturated heterocycles. The molecule has 0 aliphatic carbocycles. The summed E-state index contributed by atoms with van der Waals surface area (Å²) in [4.78, 5) is 2.43. The minimum atomic E-state index is 0.355. The van der Waals surface area contributed by atoms with Crippen LogP contribution in [0.3, 0.4) is 0 Å². The molecule has 1 fully saturated rings. The van der Waals surface area contributed by atoms with Gasteiger partial charge in [-0.05, 0) is 49.6 Å². The number of hydrogen-bond donors (Lipinski definition) is 1. The molecule has 1 aliphatic heterocycles. The molecule has 0 bridgehead atoms. The van der Waals surface area contributed by atoms with Gasteiger partial charge in [0.15, 0.2) is 0 Å². The SMILES string of the molecule is COC1CCCN(c2ccc(Br)cc2CCN)C1. The monoisotopic (exact) mass is 312 g/mol. The summed E-state index contributed by atoms with van der Waals surface area (Å²) in [7, 11) is 1.80. The second-order valence-electron chi connectivity index (χ2n) is 4.76. The van der Waals surface area contributed by atoms with Crippen molar-refractivity contribution in [3.05, 3.63) is 28.2 Å². The van der Waals surface area contributed by atoms with Crippen LogP contribution in [-0.4, -0.2) is 32.8 Å². The Balaban J connectivity index is 2.20. The van der Waals surface area contributed by atoms with Gasteiger partial charge in [-0.25, -0.2) is 0 Å². The molecule has 1 unspecified atom stereocenters. The van der Waals surface area contributed by atoms with Crippen LogP contribution in [0.5, 0.6) is 0 Å². The second kappa shape index (κ2) is 6.55. The lowest BCUT2D eigenvalue weighted by Gasteiger charge is -2.35. The standard InChI is InChI=1S/C14H21BrN2O/c1-18-13-3-2-8-17(10-13)14-5-4-12(15)9-11(14)6-7-16/h4-5,9,13H,2-3,6-8,10,16H2,1H3. The minimum absolute atomic E-state index is 0.355. The summed E-state index contributed by atoms with van der Waals surface area (Å²) in [5, 5.41) is 0. The van der Waals surface area contributed by atoms with E-state index in [1.54, 1.807) is 7.11 Å². The fourth-order valence-corrected chi connectivity index (χ4v) is 2.98. The molecule has 0 amide bonds. The van der Waals surface area contributed by atoms with Crippen molar-refractivity contribution >= 4 is 21.6 Å². The number of methoxy groups -OCH3 is 1. The van der Waals surface area contributed by atoms with Crippen LogP contribution < -0.4 is 10.6 Å². The van der Waals surface area contributed by atoms with E-state index < -0.39 is 0 Å². The molecule has 1 aromatic carbocycles. The lowest BCUT2D eigenvalue weighted by molar-refractivity contribution is 0.0893. The molecule has 3 nitrogen and oxygen atoms in total. The number of benzene rings is 1. The fourth-order valence-electron chi connectivity index (χ4n) is 2.57. The van der Waals surface area contributed by atoms with E-state index in [1.165, 1.54) is 17.7 Å². The molecule has 2 rings (SSSR count). The smallest absolute Gasteiger partial charge is 0.0746 e. The molecule has 1 aliphatic rings. The predicted molar refractivity (Wildman–Crippen MR) is 79.1 cm³/mol. The molecule has 1 aromatic rings. The summed E-state index contributed by atoms with van der Waals surface area (Å²) in [5.74, 6) is 0. The second-order valence-corrected chi connectivity index (χ2v) is 5.67. The zero-order chi connectivity index (χ0) is 13.0. The normalized spacial score (nSPS) is 20.2. The first-order chi connectivity index (χ1) is 8.74.